The molecule has 142 valence electrons. The number of carbonyl (C=O) groups is 3. The highest BCUT2D eigenvalue weighted by atomic mass is 32.2. The fraction of sp³-hybridized carbons (Fsp3) is 0.438. The number of nitrogens with zero attached hydrogens (tertiary/aromatic N) is 1. The van der Waals surface area contributed by atoms with Crippen LogP contribution in [0.5, 0.6) is 0 Å². The van der Waals surface area contributed by atoms with Crippen molar-refractivity contribution >= 4 is 27.7 Å². The molecule has 0 atom stereocenters. The third-order valence-corrected chi connectivity index (χ3v) is 5.26. The molecule has 0 radical (unpaired) electrons. The summed E-state index contributed by atoms with van der Waals surface area (Å²) in [6.07, 6.45) is 1.36. The van der Waals surface area contributed by atoms with Crippen molar-refractivity contribution in [2.45, 2.75) is 24.2 Å². The fourth-order valence-corrected chi connectivity index (χ4v) is 3.27. The molecule has 2 rings (SSSR count). The number of hydrogen-bond acceptors (Lipinski definition) is 5. The molecule has 3 amide bonds. The van der Waals surface area contributed by atoms with Crippen molar-refractivity contribution in [2.24, 2.45) is 16.8 Å². The number of primary sulfonamides is 1. The topological polar surface area (TPSA) is 153 Å². The minimum atomic E-state index is -3.74. The van der Waals surface area contributed by atoms with Gasteiger partial charge in [0, 0.05) is 25.6 Å². The lowest BCUT2D eigenvalue weighted by molar-refractivity contribution is -0.147. The number of nitrogens with one attached hydrogen (secondary N) is 1. The second kappa shape index (κ2) is 8.28. The molecule has 1 aliphatic rings. The Bertz CT molecular complexity index is 783. The summed E-state index contributed by atoms with van der Waals surface area (Å²) in [7, 11) is -3.74. The van der Waals surface area contributed by atoms with Gasteiger partial charge in [0.25, 0.3) is 0 Å². The zero-order valence-electron chi connectivity index (χ0n) is 14.2. The average molecular weight is 382 g/mol. The molecule has 1 heterocycles. The fourth-order valence-electron chi connectivity index (χ4n) is 2.75. The molecule has 1 aromatic rings. The van der Waals surface area contributed by atoms with E-state index in [1.807, 2.05) is 0 Å². The number of rotatable bonds is 5. The summed E-state index contributed by atoms with van der Waals surface area (Å²) in [5.74, 6) is -1.96. The molecule has 0 aliphatic carbocycles. The lowest BCUT2D eigenvalue weighted by atomic mass is 9.96. The quantitative estimate of drug-likeness (QED) is 0.541. The molecule has 0 spiro atoms. The number of amides is 3. The molecule has 9 nitrogen and oxygen atoms in total. The van der Waals surface area contributed by atoms with Crippen molar-refractivity contribution in [3.8, 4) is 0 Å². The van der Waals surface area contributed by atoms with Gasteiger partial charge in [0.2, 0.25) is 15.9 Å². The number of benzene rings is 1. The predicted molar refractivity (Wildman–Crippen MR) is 93.0 cm³/mol. The first-order valence-electron chi connectivity index (χ1n) is 8.16. The van der Waals surface area contributed by atoms with Crippen LogP contribution in [-0.4, -0.2) is 50.7 Å². The van der Waals surface area contributed by atoms with Crippen molar-refractivity contribution in [1.29, 1.82) is 0 Å². The Labute approximate surface area is 151 Å². The second-order valence-corrected chi connectivity index (χ2v) is 7.73. The molecule has 0 saturated carbocycles. The summed E-state index contributed by atoms with van der Waals surface area (Å²) in [5, 5.41) is 7.57. The molecular formula is C16H22N4O5S. The lowest BCUT2D eigenvalue weighted by Gasteiger charge is -2.29. The van der Waals surface area contributed by atoms with Gasteiger partial charge in [0.1, 0.15) is 0 Å². The molecule has 1 fully saturated rings. The van der Waals surface area contributed by atoms with Crippen molar-refractivity contribution in [3.05, 3.63) is 29.8 Å². The molecule has 0 aromatic heterocycles. The van der Waals surface area contributed by atoms with Crippen LogP contribution < -0.4 is 16.2 Å². The van der Waals surface area contributed by atoms with Gasteiger partial charge in [-0.3, -0.25) is 14.4 Å². The monoisotopic (exact) mass is 382 g/mol. The Morgan fingerprint density at radius 1 is 1.12 bits per heavy atom. The number of sulfonamides is 1. The van der Waals surface area contributed by atoms with Gasteiger partial charge in [-0.25, -0.2) is 13.6 Å². The largest absolute Gasteiger partial charge is 0.369 e. The van der Waals surface area contributed by atoms with Gasteiger partial charge in [0.05, 0.1) is 4.90 Å². The predicted octanol–water partition coefficient (Wildman–Crippen LogP) is -1.28. The van der Waals surface area contributed by atoms with Crippen LogP contribution in [0, 0.1) is 5.92 Å². The number of hydrogen-bond donors (Lipinski definition) is 3. The van der Waals surface area contributed by atoms with E-state index >= 15 is 0 Å². The van der Waals surface area contributed by atoms with E-state index in [2.05, 4.69) is 5.32 Å². The number of piperidine rings is 1. The Morgan fingerprint density at radius 2 is 1.69 bits per heavy atom. The summed E-state index contributed by atoms with van der Waals surface area (Å²) in [5.41, 5.74) is 6.04. The minimum absolute atomic E-state index is 0.0137. The standard InChI is InChI=1S/C16H22N4O5S/c17-14(21)12-6-9-20(10-7-12)16(23)15(22)19-8-5-11-1-3-13(4-2-11)26(18,24)25/h1-4,12H,5-10H2,(H2,17,21)(H,19,22)(H2,18,24,25). The highest BCUT2D eigenvalue weighted by Crippen LogP contribution is 2.16. The van der Waals surface area contributed by atoms with Crippen LogP contribution in [0.1, 0.15) is 18.4 Å². The second-order valence-electron chi connectivity index (χ2n) is 6.16. The van der Waals surface area contributed by atoms with Crippen molar-refractivity contribution in [2.75, 3.05) is 19.6 Å². The number of primary amides is 1. The summed E-state index contributed by atoms with van der Waals surface area (Å²) < 4.78 is 22.4. The van der Waals surface area contributed by atoms with Gasteiger partial charge in [0.15, 0.2) is 0 Å². The lowest BCUT2D eigenvalue weighted by Crippen LogP contribution is -2.48. The highest BCUT2D eigenvalue weighted by molar-refractivity contribution is 7.89. The molecule has 1 saturated heterocycles. The van der Waals surface area contributed by atoms with Gasteiger partial charge >= 0.3 is 11.8 Å². The number of likely N-dealkylation sites (tertiary alicyclic amines) is 1. The molecule has 0 unspecified atom stereocenters. The molecule has 10 heteroatoms. The van der Waals surface area contributed by atoms with E-state index in [4.69, 9.17) is 10.9 Å². The van der Waals surface area contributed by atoms with Crippen molar-refractivity contribution < 1.29 is 22.8 Å². The normalized spacial score (nSPS) is 15.5. The zero-order valence-corrected chi connectivity index (χ0v) is 15.0. The first-order valence-corrected chi connectivity index (χ1v) is 9.71. The smallest absolute Gasteiger partial charge is 0.311 e. The van der Waals surface area contributed by atoms with E-state index in [1.54, 1.807) is 12.1 Å². The van der Waals surface area contributed by atoms with E-state index in [-0.39, 0.29) is 23.3 Å². The minimum Gasteiger partial charge on any atom is -0.369 e. The maximum Gasteiger partial charge on any atom is 0.311 e. The summed E-state index contributed by atoms with van der Waals surface area (Å²) in [6, 6.07) is 5.98. The van der Waals surface area contributed by atoms with E-state index in [1.165, 1.54) is 17.0 Å². The Morgan fingerprint density at radius 3 is 2.19 bits per heavy atom. The Balaban J connectivity index is 1.78. The highest BCUT2D eigenvalue weighted by Gasteiger charge is 2.28. The van der Waals surface area contributed by atoms with Crippen LogP contribution in [0.4, 0.5) is 0 Å². The third-order valence-electron chi connectivity index (χ3n) is 4.33. The van der Waals surface area contributed by atoms with Crippen LogP contribution in [-0.2, 0) is 30.8 Å². The zero-order chi connectivity index (χ0) is 19.3. The maximum absolute atomic E-state index is 12.1. The Kier molecular flexibility index (Phi) is 6.32. The van der Waals surface area contributed by atoms with Gasteiger partial charge in [-0.15, -0.1) is 0 Å². The van der Waals surface area contributed by atoms with Gasteiger partial charge in [-0.1, -0.05) is 12.1 Å². The first-order chi connectivity index (χ1) is 12.2. The molecular weight excluding hydrogens is 360 g/mol. The van der Waals surface area contributed by atoms with Crippen molar-refractivity contribution in [3.63, 3.8) is 0 Å². The van der Waals surface area contributed by atoms with Crippen LogP contribution >= 0.6 is 0 Å². The summed E-state index contributed by atoms with van der Waals surface area (Å²) >= 11 is 0. The Hall–Kier alpha value is -2.46. The summed E-state index contributed by atoms with van der Waals surface area (Å²) in [6.45, 7) is 0.890. The van der Waals surface area contributed by atoms with E-state index in [0.29, 0.717) is 32.4 Å². The third kappa shape index (κ3) is 5.27. The maximum atomic E-state index is 12.1. The van der Waals surface area contributed by atoms with E-state index in [0.717, 1.165) is 5.56 Å². The van der Waals surface area contributed by atoms with Gasteiger partial charge in [-0.05, 0) is 37.0 Å². The molecule has 0 bridgehead atoms. The van der Waals surface area contributed by atoms with Crippen molar-refractivity contribution in [1.82, 2.24) is 10.2 Å². The van der Waals surface area contributed by atoms with Crippen LogP contribution in [0.15, 0.2) is 29.2 Å². The molecule has 26 heavy (non-hydrogen) atoms. The van der Waals surface area contributed by atoms with E-state index in [9.17, 15) is 22.8 Å². The average Bonchev–Trinajstić information content (AvgIpc) is 2.60. The SMILES string of the molecule is NC(=O)C1CCN(C(=O)C(=O)NCCc2ccc(S(N)(=O)=O)cc2)CC1. The molecule has 5 N–H and O–H groups in total. The molecule has 1 aliphatic heterocycles. The first kappa shape index (κ1) is 19.9. The van der Waals surface area contributed by atoms with Gasteiger partial charge in [-0.2, -0.15) is 0 Å². The van der Waals surface area contributed by atoms with Crippen LogP contribution in [0.3, 0.4) is 0 Å². The summed E-state index contributed by atoms with van der Waals surface area (Å²) in [4.78, 5) is 36.6. The number of carbonyl (C=O) groups excluding carboxylic acids is 3. The number of nitrogens with two attached hydrogens (primary N) is 2. The van der Waals surface area contributed by atoms with Gasteiger partial charge < -0.3 is 16.0 Å². The van der Waals surface area contributed by atoms with Crippen LogP contribution in [0.2, 0.25) is 0 Å². The van der Waals surface area contributed by atoms with E-state index < -0.39 is 21.8 Å². The molecule has 1 aromatic carbocycles. The van der Waals surface area contributed by atoms with Crippen LogP contribution in [0.25, 0.3) is 0 Å².